The van der Waals surface area contributed by atoms with Crippen molar-refractivity contribution in [2.75, 3.05) is 5.43 Å². The average Bonchev–Trinajstić information content (AvgIpc) is 2.48. The Morgan fingerprint density at radius 1 is 1.23 bits per heavy atom. The quantitative estimate of drug-likeness (QED) is 0.634. The third kappa shape index (κ3) is 3.48. The summed E-state index contributed by atoms with van der Waals surface area (Å²) in [7, 11) is 0. The number of nitrogens with zero attached hydrogens (tertiary/aromatic N) is 3. The Morgan fingerprint density at radius 3 is 2.59 bits per heavy atom. The number of benzene rings is 1. The number of nitro groups is 2. The van der Waals surface area contributed by atoms with Crippen molar-refractivity contribution in [3.63, 3.8) is 0 Å². The largest absolute Gasteiger partial charge is 0.301 e. The predicted molar refractivity (Wildman–Crippen MR) is 86.3 cm³/mol. The highest BCUT2D eigenvalue weighted by atomic mass is 79.9. The van der Waals surface area contributed by atoms with Crippen LogP contribution in [0.1, 0.15) is 26.2 Å². The maximum atomic E-state index is 11.0. The van der Waals surface area contributed by atoms with E-state index in [4.69, 9.17) is 0 Å². The molecular formula is C13H13BrN4O4. The van der Waals surface area contributed by atoms with Crippen molar-refractivity contribution in [3.8, 4) is 0 Å². The number of hydrogen-bond donors (Lipinski definition) is 1. The third-order valence-electron chi connectivity index (χ3n) is 3.29. The van der Waals surface area contributed by atoms with Crippen LogP contribution in [0.25, 0.3) is 0 Å². The Kier molecular flexibility index (Phi) is 4.86. The maximum Gasteiger partial charge on any atom is 0.301 e. The summed E-state index contributed by atoms with van der Waals surface area (Å²) in [5, 5.41) is 25.9. The molecule has 22 heavy (non-hydrogen) atoms. The van der Waals surface area contributed by atoms with Gasteiger partial charge in [-0.15, -0.1) is 0 Å². The van der Waals surface area contributed by atoms with Gasteiger partial charge in [-0.1, -0.05) is 5.57 Å². The Morgan fingerprint density at radius 2 is 1.95 bits per heavy atom. The fourth-order valence-electron chi connectivity index (χ4n) is 2.10. The second kappa shape index (κ2) is 6.65. The highest BCUT2D eigenvalue weighted by Gasteiger charge is 2.20. The Bertz CT molecular complexity index is 699. The molecule has 0 saturated heterocycles. The fourth-order valence-corrected chi connectivity index (χ4v) is 2.58. The first-order valence-electron chi connectivity index (χ1n) is 6.51. The van der Waals surface area contributed by atoms with Gasteiger partial charge in [-0.05, 0) is 48.2 Å². The molecule has 0 heterocycles. The van der Waals surface area contributed by atoms with Crippen molar-refractivity contribution in [1.82, 2.24) is 0 Å². The van der Waals surface area contributed by atoms with Gasteiger partial charge in [0.2, 0.25) is 0 Å². The van der Waals surface area contributed by atoms with Gasteiger partial charge in [-0.2, -0.15) is 5.10 Å². The summed E-state index contributed by atoms with van der Waals surface area (Å²) < 4.78 is 0.899. The first-order chi connectivity index (χ1) is 10.4. The van der Waals surface area contributed by atoms with Gasteiger partial charge in [-0.3, -0.25) is 25.7 Å². The van der Waals surface area contributed by atoms with Gasteiger partial charge in [0.05, 0.1) is 21.6 Å². The minimum absolute atomic E-state index is 0.117. The van der Waals surface area contributed by atoms with E-state index in [-0.39, 0.29) is 17.1 Å². The lowest BCUT2D eigenvalue weighted by atomic mass is 9.99. The van der Waals surface area contributed by atoms with Crippen LogP contribution < -0.4 is 5.43 Å². The molecule has 0 spiro atoms. The second-order valence-corrected chi connectivity index (χ2v) is 5.63. The van der Waals surface area contributed by atoms with Crippen LogP contribution in [0.15, 0.2) is 33.4 Å². The van der Waals surface area contributed by atoms with Crippen molar-refractivity contribution in [2.24, 2.45) is 5.10 Å². The van der Waals surface area contributed by atoms with E-state index in [0.29, 0.717) is 0 Å². The van der Waals surface area contributed by atoms with Crippen LogP contribution in [0, 0.1) is 20.2 Å². The molecule has 9 heteroatoms. The van der Waals surface area contributed by atoms with Crippen LogP contribution in [0.3, 0.4) is 0 Å². The lowest BCUT2D eigenvalue weighted by Crippen LogP contribution is -2.09. The van der Waals surface area contributed by atoms with Gasteiger partial charge in [-0.25, -0.2) is 0 Å². The van der Waals surface area contributed by atoms with Gasteiger partial charge < -0.3 is 0 Å². The number of rotatable bonds is 4. The van der Waals surface area contributed by atoms with E-state index in [1.807, 2.05) is 6.92 Å². The summed E-state index contributed by atoms with van der Waals surface area (Å²) >= 11 is 3.46. The van der Waals surface area contributed by atoms with E-state index in [1.54, 1.807) is 0 Å². The van der Waals surface area contributed by atoms with Crippen molar-refractivity contribution in [3.05, 3.63) is 48.5 Å². The fraction of sp³-hybridized carbons (Fsp3) is 0.308. The summed E-state index contributed by atoms with van der Waals surface area (Å²) in [6.45, 7) is 1.99. The van der Waals surface area contributed by atoms with E-state index in [1.165, 1.54) is 17.7 Å². The number of hydrogen-bond acceptors (Lipinski definition) is 6. The molecule has 116 valence electrons. The highest BCUT2D eigenvalue weighted by molar-refractivity contribution is 9.12. The number of hydrazone groups is 1. The monoisotopic (exact) mass is 368 g/mol. The molecule has 0 atom stereocenters. The maximum absolute atomic E-state index is 11.0. The molecule has 1 aliphatic rings. The SMILES string of the molecule is CC1=C(Br)/C(=N\Nc2ccc([N+](=O)[O-])cc2[N+](=O)[O-])CCC1. The van der Waals surface area contributed by atoms with Crippen LogP contribution in [-0.4, -0.2) is 15.6 Å². The van der Waals surface area contributed by atoms with E-state index in [9.17, 15) is 20.2 Å². The molecule has 0 aromatic heterocycles. The molecule has 1 aromatic rings. The molecule has 8 nitrogen and oxygen atoms in total. The molecule has 0 radical (unpaired) electrons. The molecule has 0 aliphatic heterocycles. The van der Waals surface area contributed by atoms with Crippen LogP contribution in [0.2, 0.25) is 0 Å². The Labute approximate surface area is 134 Å². The molecule has 0 unspecified atom stereocenters. The third-order valence-corrected chi connectivity index (χ3v) is 4.43. The molecule has 1 N–H and O–H groups in total. The first kappa shape index (κ1) is 16.1. The van der Waals surface area contributed by atoms with E-state index >= 15 is 0 Å². The summed E-state index contributed by atoms with van der Waals surface area (Å²) in [6, 6.07) is 3.40. The zero-order chi connectivity index (χ0) is 16.3. The Balaban J connectivity index is 2.32. The number of nitro benzene ring substituents is 2. The van der Waals surface area contributed by atoms with Gasteiger partial charge in [0, 0.05) is 10.5 Å². The summed E-state index contributed by atoms with van der Waals surface area (Å²) in [5.41, 5.74) is 3.99. The minimum atomic E-state index is -0.674. The molecule has 1 aromatic carbocycles. The molecule has 0 amide bonds. The van der Waals surface area contributed by atoms with Crippen LogP contribution in [0.5, 0.6) is 0 Å². The summed E-state index contributed by atoms with van der Waals surface area (Å²) in [4.78, 5) is 20.4. The van der Waals surface area contributed by atoms with Crippen molar-refractivity contribution in [2.45, 2.75) is 26.2 Å². The second-order valence-electron chi connectivity index (χ2n) is 4.83. The van der Waals surface area contributed by atoms with E-state index in [0.717, 1.165) is 35.5 Å². The molecule has 1 aliphatic carbocycles. The van der Waals surface area contributed by atoms with E-state index < -0.39 is 9.85 Å². The normalized spacial score (nSPS) is 16.7. The van der Waals surface area contributed by atoms with Gasteiger partial charge >= 0.3 is 5.69 Å². The minimum Gasteiger partial charge on any atom is -0.271 e. The summed E-state index contributed by atoms with van der Waals surface area (Å²) in [5.74, 6) is 0. The number of allylic oxidation sites excluding steroid dienone is 2. The van der Waals surface area contributed by atoms with Crippen LogP contribution in [0.4, 0.5) is 17.1 Å². The molecule has 0 fully saturated rings. The van der Waals surface area contributed by atoms with Gasteiger partial charge in [0.15, 0.2) is 0 Å². The van der Waals surface area contributed by atoms with Crippen molar-refractivity contribution in [1.29, 1.82) is 0 Å². The zero-order valence-electron chi connectivity index (χ0n) is 11.7. The number of anilines is 1. The lowest BCUT2D eigenvalue weighted by Gasteiger charge is -2.15. The number of non-ortho nitro benzene ring substituents is 1. The topological polar surface area (TPSA) is 111 Å². The highest BCUT2D eigenvalue weighted by Crippen LogP contribution is 2.30. The number of halogens is 1. The molecule has 0 bridgehead atoms. The van der Waals surface area contributed by atoms with Gasteiger partial charge in [0.25, 0.3) is 5.69 Å². The first-order valence-corrected chi connectivity index (χ1v) is 7.30. The zero-order valence-corrected chi connectivity index (χ0v) is 13.3. The predicted octanol–water partition coefficient (Wildman–Crippen LogP) is 4.12. The lowest BCUT2D eigenvalue weighted by molar-refractivity contribution is -0.393. The van der Waals surface area contributed by atoms with Crippen molar-refractivity contribution >= 4 is 38.7 Å². The standard InChI is InChI=1S/C13H13BrN4O4/c1-8-3-2-4-11(13(8)14)16-15-10-6-5-9(17(19)20)7-12(10)18(21)22/h5-7,15H,2-4H2,1H3/b16-11-. The smallest absolute Gasteiger partial charge is 0.271 e. The van der Waals surface area contributed by atoms with E-state index in [2.05, 4.69) is 26.5 Å². The molecule has 2 rings (SSSR count). The molecule has 0 saturated carbocycles. The summed E-state index contributed by atoms with van der Waals surface area (Å²) in [6.07, 6.45) is 2.70. The Hall–Kier alpha value is -2.29. The molecular weight excluding hydrogens is 356 g/mol. The van der Waals surface area contributed by atoms with Crippen molar-refractivity contribution < 1.29 is 9.85 Å². The van der Waals surface area contributed by atoms with Gasteiger partial charge in [0.1, 0.15) is 5.69 Å². The average molecular weight is 369 g/mol. The van der Waals surface area contributed by atoms with Crippen LogP contribution >= 0.6 is 15.9 Å². The number of nitrogens with one attached hydrogen (secondary N) is 1. The van der Waals surface area contributed by atoms with Crippen LogP contribution in [-0.2, 0) is 0 Å².